The van der Waals surface area contributed by atoms with Crippen molar-refractivity contribution in [1.82, 2.24) is 0 Å². The summed E-state index contributed by atoms with van der Waals surface area (Å²) < 4.78 is 0. The van der Waals surface area contributed by atoms with E-state index in [4.69, 9.17) is 11.6 Å². The summed E-state index contributed by atoms with van der Waals surface area (Å²) in [7, 11) is 0. The molecule has 0 unspecified atom stereocenters. The second kappa shape index (κ2) is 4.92. The molecule has 2 rings (SSSR count). The highest BCUT2D eigenvalue weighted by molar-refractivity contribution is 6.33. The molecule has 4 nitrogen and oxygen atoms in total. The van der Waals surface area contributed by atoms with E-state index in [2.05, 4.69) is 6.92 Å². The van der Waals surface area contributed by atoms with Crippen molar-refractivity contribution in [1.29, 1.82) is 0 Å². The fourth-order valence-electron chi connectivity index (χ4n) is 2.20. The lowest BCUT2D eigenvalue weighted by atomic mass is 9.98. The number of hydrogen-bond donors (Lipinski definition) is 0. The Hall–Kier alpha value is -1.29. The highest BCUT2D eigenvalue weighted by Crippen LogP contribution is 2.37. The van der Waals surface area contributed by atoms with Gasteiger partial charge >= 0.3 is 0 Å². The molecule has 1 aromatic rings. The highest BCUT2D eigenvalue weighted by atomic mass is 35.5. The number of benzene rings is 1. The van der Waals surface area contributed by atoms with Crippen LogP contribution in [-0.2, 0) is 0 Å². The first-order valence-electron chi connectivity index (χ1n) is 5.77. The molecule has 0 aromatic heterocycles. The summed E-state index contributed by atoms with van der Waals surface area (Å²) >= 11 is 6.10. The Bertz CT molecular complexity index is 429. The quantitative estimate of drug-likeness (QED) is 0.600. The van der Waals surface area contributed by atoms with Crippen molar-refractivity contribution in [2.24, 2.45) is 5.92 Å². The third-order valence-electron chi connectivity index (χ3n) is 3.26. The molecule has 1 aromatic carbocycles. The lowest BCUT2D eigenvalue weighted by Gasteiger charge is -2.32. The second-order valence-electron chi connectivity index (χ2n) is 4.53. The van der Waals surface area contributed by atoms with E-state index in [9.17, 15) is 10.1 Å². The number of anilines is 1. The van der Waals surface area contributed by atoms with Gasteiger partial charge < -0.3 is 4.90 Å². The molecule has 0 aliphatic carbocycles. The maximum atomic E-state index is 11.0. The van der Waals surface area contributed by atoms with E-state index in [-0.39, 0.29) is 10.6 Å². The lowest BCUT2D eigenvalue weighted by molar-refractivity contribution is -0.384. The first kappa shape index (κ1) is 12.2. The standard InChI is InChI=1S/C12H15ClN2O2/c1-9-5-7-14(8-6-9)12-10(13)3-2-4-11(12)15(16)17/h2-4,9H,5-8H2,1H3. The summed E-state index contributed by atoms with van der Waals surface area (Å²) in [5.41, 5.74) is 0.679. The van der Waals surface area contributed by atoms with Crippen molar-refractivity contribution in [3.63, 3.8) is 0 Å². The maximum absolute atomic E-state index is 11.0. The SMILES string of the molecule is CC1CCN(c2c(Cl)cccc2[N+](=O)[O-])CC1. The van der Waals surface area contributed by atoms with Crippen LogP contribution in [-0.4, -0.2) is 18.0 Å². The van der Waals surface area contributed by atoms with Gasteiger partial charge in [0.05, 0.1) is 9.95 Å². The summed E-state index contributed by atoms with van der Waals surface area (Å²) in [5.74, 6) is 0.688. The van der Waals surface area contributed by atoms with Gasteiger partial charge in [-0.1, -0.05) is 24.6 Å². The number of hydrogen-bond acceptors (Lipinski definition) is 3. The van der Waals surface area contributed by atoms with Crippen LogP contribution in [0.5, 0.6) is 0 Å². The molecule has 0 saturated carbocycles. The second-order valence-corrected chi connectivity index (χ2v) is 4.94. The Morgan fingerprint density at radius 2 is 2.06 bits per heavy atom. The van der Waals surface area contributed by atoms with Crippen LogP contribution in [0.25, 0.3) is 0 Å². The third kappa shape index (κ3) is 2.52. The Kier molecular flexibility index (Phi) is 3.52. The van der Waals surface area contributed by atoms with E-state index in [1.807, 2.05) is 4.90 Å². The molecule has 0 N–H and O–H groups in total. The molecule has 1 heterocycles. The van der Waals surface area contributed by atoms with Crippen molar-refractivity contribution in [3.05, 3.63) is 33.3 Å². The number of nitro groups is 1. The molecule has 0 spiro atoms. The Morgan fingerprint density at radius 3 is 2.65 bits per heavy atom. The third-order valence-corrected chi connectivity index (χ3v) is 3.57. The summed E-state index contributed by atoms with van der Waals surface area (Å²) in [6.07, 6.45) is 2.12. The van der Waals surface area contributed by atoms with Gasteiger partial charge in [-0.25, -0.2) is 0 Å². The molecule has 5 heteroatoms. The zero-order valence-electron chi connectivity index (χ0n) is 9.73. The maximum Gasteiger partial charge on any atom is 0.294 e. The molecule has 1 aliphatic heterocycles. The number of nitro benzene ring substituents is 1. The van der Waals surface area contributed by atoms with Crippen LogP contribution in [0.3, 0.4) is 0 Å². The van der Waals surface area contributed by atoms with E-state index in [0.29, 0.717) is 16.6 Å². The fourth-order valence-corrected chi connectivity index (χ4v) is 2.49. The van der Waals surface area contributed by atoms with Gasteiger partial charge in [0.25, 0.3) is 5.69 Å². The highest BCUT2D eigenvalue weighted by Gasteiger charge is 2.25. The molecule has 0 amide bonds. The molecule has 92 valence electrons. The van der Waals surface area contributed by atoms with Crippen LogP contribution in [0.4, 0.5) is 11.4 Å². The number of piperidine rings is 1. The van der Waals surface area contributed by atoms with Crippen LogP contribution in [0, 0.1) is 16.0 Å². The van der Waals surface area contributed by atoms with Crippen LogP contribution in [0.2, 0.25) is 5.02 Å². The molecular formula is C12H15ClN2O2. The minimum atomic E-state index is -0.362. The predicted molar refractivity (Wildman–Crippen MR) is 68.7 cm³/mol. The summed E-state index contributed by atoms with van der Waals surface area (Å²) in [6.45, 7) is 3.88. The summed E-state index contributed by atoms with van der Waals surface area (Å²) in [4.78, 5) is 12.7. The average Bonchev–Trinajstić information content (AvgIpc) is 2.30. The molecule has 0 radical (unpaired) electrons. The predicted octanol–water partition coefficient (Wildman–Crippen LogP) is 3.48. The fraction of sp³-hybridized carbons (Fsp3) is 0.500. The Balaban J connectivity index is 2.33. The minimum Gasteiger partial charge on any atom is -0.365 e. The monoisotopic (exact) mass is 254 g/mol. The Morgan fingerprint density at radius 1 is 1.41 bits per heavy atom. The van der Waals surface area contributed by atoms with Gasteiger partial charge in [0, 0.05) is 19.2 Å². The van der Waals surface area contributed by atoms with E-state index >= 15 is 0 Å². The molecule has 17 heavy (non-hydrogen) atoms. The van der Waals surface area contributed by atoms with Crippen LogP contribution in [0.1, 0.15) is 19.8 Å². The van der Waals surface area contributed by atoms with Gasteiger partial charge in [-0.15, -0.1) is 0 Å². The lowest BCUT2D eigenvalue weighted by Crippen LogP contribution is -2.33. The van der Waals surface area contributed by atoms with Crippen molar-refractivity contribution in [3.8, 4) is 0 Å². The summed E-state index contributed by atoms with van der Waals surface area (Å²) in [5, 5.41) is 11.5. The van der Waals surface area contributed by atoms with Crippen molar-refractivity contribution in [2.45, 2.75) is 19.8 Å². The summed E-state index contributed by atoms with van der Waals surface area (Å²) in [6, 6.07) is 4.84. The number of rotatable bonds is 2. The number of nitrogens with zero attached hydrogens (tertiary/aromatic N) is 2. The van der Waals surface area contributed by atoms with Crippen molar-refractivity contribution < 1.29 is 4.92 Å². The minimum absolute atomic E-state index is 0.104. The number of para-hydroxylation sites is 1. The van der Waals surface area contributed by atoms with Gasteiger partial charge in [-0.3, -0.25) is 10.1 Å². The first-order valence-corrected chi connectivity index (χ1v) is 6.15. The van der Waals surface area contributed by atoms with Gasteiger partial charge in [-0.2, -0.15) is 0 Å². The van der Waals surface area contributed by atoms with E-state index in [1.54, 1.807) is 12.1 Å². The molecule has 1 saturated heterocycles. The van der Waals surface area contributed by atoms with Gasteiger partial charge in [0.15, 0.2) is 0 Å². The van der Waals surface area contributed by atoms with Gasteiger partial charge in [-0.05, 0) is 24.8 Å². The molecule has 1 aliphatic rings. The first-order chi connectivity index (χ1) is 8.09. The van der Waals surface area contributed by atoms with E-state index in [1.165, 1.54) is 6.07 Å². The van der Waals surface area contributed by atoms with Crippen LogP contribution in [0.15, 0.2) is 18.2 Å². The molecule has 0 atom stereocenters. The normalized spacial score (nSPS) is 17.2. The molecule has 1 fully saturated rings. The number of halogens is 1. The van der Waals surface area contributed by atoms with Gasteiger partial charge in [0.1, 0.15) is 5.69 Å². The topological polar surface area (TPSA) is 46.4 Å². The van der Waals surface area contributed by atoms with Crippen LogP contribution < -0.4 is 4.90 Å². The zero-order chi connectivity index (χ0) is 12.4. The van der Waals surface area contributed by atoms with Crippen molar-refractivity contribution >= 4 is 23.0 Å². The Labute approximate surface area is 105 Å². The van der Waals surface area contributed by atoms with Crippen molar-refractivity contribution in [2.75, 3.05) is 18.0 Å². The molecular weight excluding hydrogens is 240 g/mol. The van der Waals surface area contributed by atoms with E-state index in [0.717, 1.165) is 25.9 Å². The average molecular weight is 255 g/mol. The van der Waals surface area contributed by atoms with Crippen LogP contribution >= 0.6 is 11.6 Å². The molecule has 0 bridgehead atoms. The van der Waals surface area contributed by atoms with E-state index < -0.39 is 0 Å². The zero-order valence-corrected chi connectivity index (χ0v) is 10.5. The van der Waals surface area contributed by atoms with Gasteiger partial charge in [0.2, 0.25) is 0 Å². The largest absolute Gasteiger partial charge is 0.365 e. The smallest absolute Gasteiger partial charge is 0.294 e.